The lowest BCUT2D eigenvalue weighted by molar-refractivity contribution is -0.131. The number of carboxylic acid groups (broad SMARTS) is 1. The summed E-state index contributed by atoms with van der Waals surface area (Å²) >= 11 is 0.925. The smallest absolute Gasteiger partial charge is 0.342 e. The molecule has 0 radical (unpaired) electrons. The van der Waals surface area contributed by atoms with Crippen LogP contribution in [0.2, 0.25) is 0 Å². The van der Waals surface area contributed by atoms with Crippen molar-refractivity contribution >= 4 is 40.9 Å². The molecule has 126 valence electrons. The molecule has 0 unspecified atom stereocenters. The maximum Gasteiger partial charge on any atom is 0.342 e. The second-order valence-corrected chi connectivity index (χ2v) is 5.97. The zero-order chi connectivity index (χ0) is 17.8. The number of carboxylic acids is 1. The normalized spacial score (nSPS) is 11.5. The summed E-state index contributed by atoms with van der Waals surface area (Å²) in [5, 5.41) is 9.67. The number of methoxy groups -OCH3 is 1. The van der Waals surface area contributed by atoms with Crippen molar-refractivity contribution in [1.82, 2.24) is 4.98 Å². The molecule has 0 aliphatic rings. The number of thioether (sulfide) groups is 1. The Hall–Kier alpha value is -3.06. The third-order valence-corrected chi connectivity index (χ3v) is 4.17. The molecule has 1 heterocycles. The van der Waals surface area contributed by atoms with Gasteiger partial charge in [-0.05, 0) is 47.7 Å². The molecule has 25 heavy (non-hydrogen) atoms. The number of aromatic nitrogens is 1. The van der Waals surface area contributed by atoms with Crippen molar-refractivity contribution < 1.29 is 23.8 Å². The van der Waals surface area contributed by atoms with Gasteiger partial charge in [0.1, 0.15) is 10.4 Å². The Kier molecular flexibility index (Phi) is 4.85. The second kappa shape index (κ2) is 7.23. The van der Waals surface area contributed by atoms with Crippen LogP contribution < -0.4 is 0 Å². The highest BCUT2D eigenvalue weighted by Gasteiger charge is 2.15. The summed E-state index contributed by atoms with van der Waals surface area (Å²) < 4.78 is 10.2. The molecule has 1 N–H and O–H groups in total. The number of hydrogen-bond donors (Lipinski definition) is 1. The first-order valence-corrected chi connectivity index (χ1v) is 8.05. The molecule has 0 amide bonds. The van der Waals surface area contributed by atoms with Gasteiger partial charge in [-0.1, -0.05) is 24.3 Å². The third kappa shape index (κ3) is 3.89. The Morgan fingerprint density at radius 1 is 1.16 bits per heavy atom. The molecule has 0 spiro atoms. The molecule has 0 saturated heterocycles. The lowest BCUT2D eigenvalue weighted by Gasteiger charge is -2.01. The lowest BCUT2D eigenvalue weighted by Crippen LogP contribution is -2.00. The second-order valence-electron chi connectivity index (χ2n) is 4.98. The minimum absolute atomic E-state index is 0.0531. The van der Waals surface area contributed by atoms with Crippen molar-refractivity contribution in [2.45, 2.75) is 5.22 Å². The molecule has 6 nitrogen and oxygen atoms in total. The average molecular weight is 355 g/mol. The van der Waals surface area contributed by atoms with Gasteiger partial charge in [0.05, 0.1) is 12.7 Å². The molecule has 0 fully saturated rings. The fourth-order valence-electron chi connectivity index (χ4n) is 2.11. The summed E-state index contributed by atoms with van der Waals surface area (Å²) in [7, 11) is 1.30. The van der Waals surface area contributed by atoms with Gasteiger partial charge in [-0.3, -0.25) is 0 Å². The van der Waals surface area contributed by atoms with E-state index in [1.807, 2.05) is 12.1 Å². The van der Waals surface area contributed by atoms with E-state index in [1.54, 1.807) is 36.4 Å². The van der Waals surface area contributed by atoms with Crippen molar-refractivity contribution in [3.63, 3.8) is 0 Å². The Morgan fingerprint density at radius 3 is 2.52 bits per heavy atom. The monoisotopic (exact) mass is 355 g/mol. The van der Waals surface area contributed by atoms with Crippen LogP contribution in [0.5, 0.6) is 0 Å². The molecule has 2 aromatic carbocycles. The van der Waals surface area contributed by atoms with Crippen molar-refractivity contribution in [3.8, 4) is 0 Å². The van der Waals surface area contributed by atoms with Crippen LogP contribution in [-0.4, -0.2) is 29.1 Å². The van der Waals surface area contributed by atoms with Crippen LogP contribution in [0.3, 0.4) is 0 Å². The van der Waals surface area contributed by atoms with E-state index in [-0.39, 0.29) is 10.1 Å². The van der Waals surface area contributed by atoms with E-state index >= 15 is 0 Å². The maximum absolute atomic E-state index is 11.5. The highest BCUT2D eigenvalue weighted by atomic mass is 32.2. The topological polar surface area (TPSA) is 89.6 Å². The minimum Gasteiger partial charge on any atom is -0.477 e. The van der Waals surface area contributed by atoms with Gasteiger partial charge in [-0.15, -0.1) is 0 Å². The number of hydrogen-bond acceptors (Lipinski definition) is 6. The number of ether oxygens (including phenoxy) is 1. The van der Waals surface area contributed by atoms with Gasteiger partial charge < -0.3 is 14.3 Å². The van der Waals surface area contributed by atoms with Crippen molar-refractivity contribution in [1.29, 1.82) is 0 Å². The minimum atomic E-state index is -1.09. The predicted molar refractivity (Wildman–Crippen MR) is 93.3 cm³/mol. The number of carbonyl (C=O) groups is 2. The quantitative estimate of drug-likeness (QED) is 0.422. The molecular weight excluding hydrogens is 342 g/mol. The number of aliphatic carboxylic acids is 1. The van der Waals surface area contributed by atoms with E-state index in [4.69, 9.17) is 4.42 Å². The first-order valence-electron chi connectivity index (χ1n) is 7.23. The van der Waals surface area contributed by atoms with Gasteiger partial charge in [0.25, 0.3) is 5.22 Å². The number of fused-ring (bicyclic) bond motifs is 1. The molecule has 3 rings (SSSR count). The first kappa shape index (κ1) is 16.8. The SMILES string of the molecule is COC(=O)c1ccc(/C=C(/Sc2nc3ccccc3o2)C(=O)O)cc1. The van der Waals surface area contributed by atoms with Gasteiger partial charge in [0.2, 0.25) is 0 Å². The van der Waals surface area contributed by atoms with Gasteiger partial charge in [-0.25, -0.2) is 14.6 Å². The molecule has 0 aliphatic heterocycles. The Morgan fingerprint density at radius 2 is 1.88 bits per heavy atom. The van der Waals surface area contributed by atoms with Crippen molar-refractivity contribution in [2.75, 3.05) is 7.11 Å². The van der Waals surface area contributed by atoms with E-state index in [1.165, 1.54) is 13.2 Å². The number of esters is 1. The molecule has 3 aromatic rings. The van der Waals surface area contributed by atoms with Crippen LogP contribution in [0, 0.1) is 0 Å². The summed E-state index contributed by atoms with van der Waals surface area (Å²) in [5.41, 5.74) is 2.28. The van der Waals surface area contributed by atoms with Crippen molar-refractivity contribution in [3.05, 3.63) is 64.6 Å². The first-order chi connectivity index (χ1) is 12.1. The third-order valence-electron chi connectivity index (χ3n) is 3.31. The summed E-state index contributed by atoms with van der Waals surface area (Å²) in [6, 6.07) is 13.6. The molecule has 1 aromatic heterocycles. The fourth-order valence-corrected chi connectivity index (χ4v) is 2.85. The van der Waals surface area contributed by atoms with E-state index < -0.39 is 11.9 Å². The summed E-state index contributed by atoms with van der Waals surface area (Å²) in [4.78, 5) is 27.2. The predicted octanol–water partition coefficient (Wildman–Crippen LogP) is 3.83. The van der Waals surface area contributed by atoms with E-state index in [2.05, 4.69) is 9.72 Å². The lowest BCUT2D eigenvalue weighted by atomic mass is 10.1. The van der Waals surface area contributed by atoms with E-state index in [0.29, 0.717) is 22.2 Å². The summed E-state index contributed by atoms with van der Waals surface area (Å²) in [5.74, 6) is -1.54. The summed E-state index contributed by atoms with van der Waals surface area (Å²) in [6.07, 6.45) is 1.49. The maximum atomic E-state index is 11.5. The van der Waals surface area contributed by atoms with Crippen LogP contribution in [0.1, 0.15) is 15.9 Å². The Balaban J connectivity index is 1.86. The number of benzene rings is 2. The standard InChI is InChI=1S/C18H13NO5S/c1-23-17(22)12-8-6-11(7-9-12)10-15(16(20)21)25-18-19-13-4-2-3-5-14(13)24-18/h2-10H,1H3,(H,20,21)/b15-10+. The molecular formula is C18H13NO5S. The number of carbonyl (C=O) groups excluding carboxylic acids is 1. The number of rotatable bonds is 5. The molecule has 0 aliphatic carbocycles. The van der Waals surface area contributed by atoms with Crippen molar-refractivity contribution in [2.24, 2.45) is 0 Å². The molecule has 0 saturated carbocycles. The van der Waals surface area contributed by atoms with E-state index in [9.17, 15) is 14.7 Å². The largest absolute Gasteiger partial charge is 0.477 e. The van der Waals surface area contributed by atoms with Gasteiger partial charge in [0, 0.05) is 0 Å². The number of nitrogens with zero attached hydrogens (tertiary/aromatic N) is 1. The highest BCUT2D eigenvalue weighted by molar-refractivity contribution is 8.03. The Labute approximate surface area is 147 Å². The van der Waals surface area contributed by atoms with Gasteiger partial charge >= 0.3 is 11.9 Å². The summed E-state index contributed by atoms with van der Waals surface area (Å²) in [6.45, 7) is 0. The van der Waals surface area contributed by atoms with Crippen LogP contribution in [0.25, 0.3) is 17.2 Å². The van der Waals surface area contributed by atoms with Crippen LogP contribution >= 0.6 is 11.8 Å². The van der Waals surface area contributed by atoms with Gasteiger partial charge in [-0.2, -0.15) is 0 Å². The average Bonchev–Trinajstić information content (AvgIpc) is 3.03. The molecule has 0 atom stereocenters. The highest BCUT2D eigenvalue weighted by Crippen LogP contribution is 2.30. The molecule has 7 heteroatoms. The Bertz CT molecular complexity index is 926. The van der Waals surface area contributed by atoms with E-state index in [0.717, 1.165) is 11.8 Å². The number of oxazole rings is 1. The van der Waals surface area contributed by atoms with Crippen LogP contribution in [0.4, 0.5) is 0 Å². The van der Waals surface area contributed by atoms with Crippen LogP contribution in [-0.2, 0) is 9.53 Å². The zero-order valence-corrected chi connectivity index (χ0v) is 13.9. The zero-order valence-electron chi connectivity index (χ0n) is 13.1. The molecule has 0 bridgehead atoms. The number of para-hydroxylation sites is 2. The van der Waals surface area contributed by atoms with Gasteiger partial charge in [0.15, 0.2) is 5.58 Å². The fraction of sp³-hybridized carbons (Fsp3) is 0.0556. The van der Waals surface area contributed by atoms with Crippen LogP contribution in [0.15, 0.2) is 63.1 Å².